The zero-order chi connectivity index (χ0) is 23.5. The Hall–Kier alpha value is -3.03. The lowest BCUT2D eigenvalue weighted by atomic mass is 9.85. The van der Waals surface area contributed by atoms with E-state index in [4.69, 9.17) is 0 Å². The normalized spacial score (nSPS) is 18.3. The van der Waals surface area contributed by atoms with Crippen molar-refractivity contribution >= 4 is 23.3 Å². The molecule has 3 aromatic rings. The molecule has 0 radical (unpaired) electrons. The molecule has 2 aliphatic rings. The fraction of sp³-hybridized carbons (Fsp3) is 0.370. The third kappa shape index (κ3) is 4.50. The molecule has 0 bridgehead atoms. The predicted octanol–water partition coefficient (Wildman–Crippen LogP) is 4.49. The number of likely N-dealkylation sites (tertiary alicyclic amines) is 1. The molecule has 0 aliphatic carbocycles. The minimum absolute atomic E-state index is 0.0546. The van der Waals surface area contributed by atoms with Crippen LogP contribution in [0.3, 0.4) is 0 Å². The van der Waals surface area contributed by atoms with E-state index < -0.39 is 5.54 Å². The van der Waals surface area contributed by atoms with Crippen LogP contribution in [0, 0.1) is 6.92 Å². The fourth-order valence-electron chi connectivity index (χ4n) is 5.15. The third-order valence-corrected chi connectivity index (χ3v) is 8.00. The summed E-state index contributed by atoms with van der Waals surface area (Å²) < 4.78 is 0. The van der Waals surface area contributed by atoms with Crippen molar-refractivity contribution in [1.29, 1.82) is 0 Å². The number of benzene rings is 1. The molecule has 7 heteroatoms. The van der Waals surface area contributed by atoms with Crippen molar-refractivity contribution in [1.82, 2.24) is 19.7 Å². The first-order chi connectivity index (χ1) is 16.5. The molecule has 34 heavy (non-hydrogen) atoms. The van der Waals surface area contributed by atoms with E-state index >= 15 is 0 Å². The molecule has 0 unspecified atom stereocenters. The van der Waals surface area contributed by atoms with Gasteiger partial charge in [-0.2, -0.15) is 0 Å². The summed E-state index contributed by atoms with van der Waals surface area (Å²) in [5, 5.41) is 0. The average molecular weight is 475 g/mol. The number of hydrogen-bond donors (Lipinski definition) is 0. The SMILES string of the molecule is Cc1ccc(CN2CCC3(CC2)C(=O)N(Cc2cccnc2)C(=O)N3CCc2ccccc2)s1. The standard InChI is InChI=1S/C27H30N4O2S/c1-21-9-10-24(34-21)20-29-16-12-27(13-17-29)25(32)30(19-23-8-5-14-28-18-23)26(33)31(27)15-11-22-6-3-2-4-7-22/h2-10,14,18H,11-13,15-17,19-20H2,1H3. The zero-order valence-electron chi connectivity index (χ0n) is 19.5. The maximum atomic E-state index is 13.8. The molecule has 2 fully saturated rings. The topological polar surface area (TPSA) is 56.8 Å². The summed E-state index contributed by atoms with van der Waals surface area (Å²) in [5.41, 5.74) is 1.29. The van der Waals surface area contributed by atoms with Crippen molar-refractivity contribution in [3.63, 3.8) is 0 Å². The van der Waals surface area contributed by atoms with Gasteiger partial charge in [0.25, 0.3) is 5.91 Å². The first-order valence-corrected chi connectivity index (χ1v) is 12.7. The Morgan fingerprint density at radius 1 is 0.941 bits per heavy atom. The maximum Gasteiger partial charge on any atom is 0.328 e. The van der Waals surface area contributed by atoms with Crippen LogP contribution >= 0.6 is 11.3 Å². The van der Waals surface area contributed by atoms with E-state index in [-0.39, 0.29) is 18.5 Å². The van der Waals surface area contributed by atoms with Crippen LogP contribution in [0.15, 0.2) is 67.0 Å². The van der Waals surface area contributed by atoms with E-state index in [9.17, 15) is 9.59 Å². The highest BCUT2D eigenvalue weighted by Gasteiger charge is 2.57. The number of hydrogen-bond acceptors (Lipinski definition) is 5. The van der Waals surface area contributed by atoms with Crippen molar-refractivity contribution in [2.24, 2.45) is 0 Å². The molecule has 6 nitrogen and oxygen atoms in total. The van der Waals surface area contributed by atoms with Crippen LogP contribution in [0.1, 0.15) is 33.7 Å². The van der Waals surface area contributed by atoms with Gasteiger partial charge in [-0.05, 0) is 55.5 Å². The Balaban J connectivity index is 1.35. The minimum Gasteiger partial charge on any atom is -0.309 e. The lowest BCUT2D eigenvalue weighted by molar-refractivity contribution is -0.136. The van der Waals surface area contributed by atoms with Crippen LogP contribution < -0.4 is 0 Å². The summed E-state index contributed by atoms with van der Waals surface area (Å²) in [6, 6.07) is 18.1. The molecule has 2 saturated heterocycles. The summed E-state index contributed by atoms with van der Waals surface area (Å²) in [6.07, 6.45) is 5.50. The second-order valence-corrected chi connectivity index (χ2v) is 10.6. The first-order valence-electron chi connectivity index (χ1n) is 11.9. The smallest absolute Gasteiger partial charge is 0.309 e. The summed E-state index contributed by atoms with van der Waals surface area (Å²) in [4.78, 5) is 39.9. The summed E-state index contributed by atoms with van der Waals surface area (Å²) in [6.45, 7) is 5.45. The molecule has 0 N–H and O–H groups in total. The third-order valence-electron chi connectivity index (χ3n) is 7.01. The van der Waals surface area contributed by atoms with E-state index in [0.29, 0.717) is 19.4 Å². The number of thiophene rings is 1. The summed E-state index contributed by atoms with van der Waals surface area (Å²) >= 11 is 1.83. The summed E-state index contributed by atoms with van der Waals surface area (Å²) in [5.74, 6) is -0.0546. The van der Waals surface area contributed by atoms with Crippen LogP contribution in [0.5, 0.6) is 0 Å². The molecule has 176 valence electrons. The molecule has 2 aromatic heterocycles. The Labute approximate surface area is 204 Å². The Kier molecular flexibility index (Phi) is 6.48. The van der Waals surface area contributed by atoms with Gasteiger partial charge in [-0.3, -0.25) is 19.6 Å². The molecular formula is C27H30N4O2S. The quantitative estimate of drug-likeness (QED) is 0.474. The molecule has 4 heterocycles. The lowest BCUT2D eigenvalue weighted by Gasteiger charge is -2.42. The molecule has 0 atom stereocenters. The number of pyridine rings is 1. The van der Waals surface area contributed by atoms with Gasteiger partial charge < -0.3 is 4.90 Å². The lowest BCUT2D eigenvalue weighted by Crippen LogP contribution is -2.56. The van der Waals surface area contributed by atoms with Crippen LogP contribution in [0.25, 0.3) is 0 Å². The predicted molar refractivity (Wildman–Crippen MR) is 133 cm³/mol. The van der Waals surface area contributed by atoms with E-state index in [0.717, 1.165) is 31.6 Å². The highest BCUT2D eigenvalue weighted by atomic mass is 32.1. The fourth-order valence-corrected chi connectivity index (χ4v) is 6.08. The number of imide groups is 1. The minimum atomic E-state index is -0.754. The number of rotatable bonds is 7. The first kappa shape index (κ1) is 22.7. The van der Waals surface area contributed by atoms with Gasteiger partial charge in [-0.25, -0.2) is 4.79 Å². The number of carbonyl (C=O) groups excluding carboxylic acids is 2. The largest absolute Gasteiger partial charge is 0.328 e. The van der Waals surface area contributed by atoms with Crippen molar-refractivity contribution in [3.8, 4) is 0 Å². The van der Waals surface area contributed by atoms with Crippen LogP contribution in [0.4, 0.5) is 4.79 Å². The van der Waals surface area contributed by atoms with Gasteiger partial charge >= 0.3 is 6.03 Å². The second kappa shape index (κ2) is 9.68. The molecule has 2 aliphatic heterocycles. The van der Waals surface area contributed by atoms with Crippen molar-refractivity contribution in [2.45, 2.75) is 44.8 Å². The van der Waals surface area contributed by atoms with Crippen LogP contribution in [0.2, 0.25) is 0 Å². The van der Waals surface area contributed by atoms with Crippen molar-refractivity contribution in [3.05, 3.63) is 87.9 Å². The Bertz CT molecular complexity index is 1140. The number of aryl methyl sites for hydroxylation is 1. The van der Waals surface area contributed by atoms with Crippen molar-refractivity contribution in [2.75, 3.05) is 19.6 Å². The molecule has 5 rings (SSSR count). The van der Waals surface area contributed by atoms with Gasteiger partial charge in [0.15, 0.2) is 0 Å². The highest BCUT2D eigenvalue weighted by Crippen LogP contribution is 2.38. The van der Waals surface area contributed by atoms with Gasteiger partial charge in [0.2, 0.25) is 0 Å². The average Bonchev–Trinajstić information content (AvgIpc) is 3.35. The van der Waals surface area contributed by atoms with Crippen LogP contribution in [-0.2, 0) is 24.3 Å². The van der Waals surface area contributed by atoms with Gasteiger partial charge in [0.05, 0.1) is 6.54 Å². The highest BCUT2D eigenvalue weighted by molar-refractivity contribution is 7.11. The van der Waals surface area contributed by atoms with E-state index in [1.165, 1.54) is 20.2 Å². The number of amides is 3. The van der Waals surface area contributed by atoms with E-state index in [2.05, 4.69) is 41.1 Å². The molecule has 0 saturated carbocycles. The molecule has 1 aromatic carbocycles. The number of piperidine rings is 1. The number of urea groups is 1. The molecule has 3 amide bonds. The molecular weight excluding hydrogens is 444 g/mol. The Morgan fingerprint density at radius 2 is 1.71 bits per heavy atom. The number of aromatic nitrogens is 1. The second-order valence-electron chi connectivity index (χ2n) is 9.24. The number of carbonyl (C=O) groups is 2. The Morgan fingerprint density at radius 3 is 2.38 bits per heavy atom. The summed E-state index contributed by atoms with van der Waals surface area (Å²) in [7, 11) is 0. The van der Waals surface area contributed by atoms with E-state index in [1.54, 1.807) is 12.4 Å². The van der Waals surface area contributed by atoms with Gasteiger partial charge in [-0.1, -0.05) is 36.4 Å². The van der Waals surface area contributed by atoms with Gasteiger partial charge in [-0.15, -0.1) is 11.3 Å². The van der Waals surface area contributed by atoms with Gasteiger partial charge in [0, 0.05) is 48.3 Å². The van der Waals surface area contributed by atoms with Crippen molar-refractivity contribution < 1.29 is 9.59 Å². The van der Waals surface area contributed by atoms with E-state index in [1.807, 2.05) is 46.6 Å². The van der Waals surface area contributed by atoms with Gasteiger partial charge in [0.1, 0.15) is 5.54 Å². The van der Waals surface area contributed by atoms with Crippen LogP contribution in [-0.4, -0.2) is 56.8 Å². The number of nitrogens with zero attached hydrogens (tertiary/aromatic N) is 4. The monoisotopic (exact) mass is 474 g/mol. The zero-order valence-corrected chi connectivity index (χ0v) is 20.3. The molecule has 1 spiro atoms. The maximum absolute atomic E-state index is 13.8.